The van der Waals surface area contributed by atoms with E-state index in [9.17, 15) is 4.57 Å². The molecule has 2 rings (SSSR count). The minimum Gasteiger partial charge on any atom is -1.00 e. The molecule has 13 heteroatoms. The Morgan fingerprint density at radius 3 is 2.29 bits per heavy atom. The monoisotopic (exact) mass is 373 g/mol. The van der Waals surface area contributed by atoms with Gasteiger partial charge in [0.05, 0.1) is 10.2 Å². The van der Waals surface area contributed by atoms with Crippen molar-refractivity contribution in [1.29, 1.82) is 0 Å². The SMILES string of the molecule is O=P(O)(O)CNc1nc2ccccc2s1.O=[P+](O)O.[H-].[H-].[Na+].[Na+]. The Hall–Kier alpha value is 1.08. The third-order valence-corrected chi connectivity index (χ3v) is 3.29. The normalized spacial score (nSPS) is 9.71. The van der Waals surface area contributed by atoms with E-state index >= 15 is 0 Å². The van der Waals surface area contributed by atoms with Crippen molar-refractivity contribution in [3.63, 3.8) is 0 Å². The van der Waals surface area contributed by atoms with Crippen LogP contribution in [0.15, 0.2) is 24.3 Å². The number of anilines is 1. The molecule has 0 bridgehead atoms. The Bertz CT molecular complexity index is 594. The van der Waals surface area contributed by atoms with Gasteiger partial charge in [0, 0.05) is 4.57 Å². The summed E-state index contributed by atoms with van der Waals surface area (Å²) in [6.45, 7) is 0. The molecule has 1 aromatic carbocycles. The zero-order valence-corrected chi connectivity index (χ0v) is 18.0. The van der Waals surface area contributed by atoms with Gasteiger partial charge in [0.25, 0.3) is 0 Å². The standard InChI is InChI=1S/C8H9N2O3PS.2Na.HO3P.2H/c11-14(12,13)5-9-8-10-6-3-1-2-4-7(6)15-8;;;1-4(2)3;;/h1-4H,5H2,(H,9,10)(H2,11,12,13);;;(H-,1,2,3);;/q;2*+1;;2*-1/p+1. The average molecular weight is 373 g/mol. The van der Waals surface area contributed by atoms with Crippen LogP contribution in [0.2, 0.25) is 0 Å². The number of hydrogen-bond donors (Lipinski definition) is 5. The van der Waals surface area contributed by atoms with E-state index in [1.807, 2.05) is 24.3 Å². The van der Waals surface area contributed by atoms with Gasteiger partial charge in [0.15, 0.2) is 5.13 Å². The summed E-state index contributed by atoms with van der Waals surface area (Å²) in [5, 5.41) is 3.15. The van der Waals surface area contributed by atoms with Crippen molar-refractivity contribution in [3.8, 4) is 0 Å². The number of benzene rings is 1. The van der Waals surface area contributed by atoms with E-state index in [0.29, 0.717) is 5.13 Å². The topological polar surface area (TPSA) is 140 Å². The number of aromatic nitrogens is 1. The molecule has 1 heterocycles. The quantitative estimate of drug-likeness (QED) is 0.269. The van der Waals surface area contributed by atoms with Gasteiger partial charge in [-0.1, -0.05) is 23.5 Å². The molecule has 0 amide bonds. The molecule has 8 nitrogen and oxygen atoms in total. The fraction of sp³-hybridized carbons (Fsp3) is 0.125. The average Bonchev–Trinajstić information content (AvgIpc) is 2.67. The molecule has 0 saturated carbocycles. The molecule has 0 radical (unpaired) electrons. The molecule has 0 unspecified atom stereocenters. The van der Waals surface area contributed by atoms with E-state index in [4.69, 9.17) is 24.1 Å². The summed E-state index contributed by atoms with van der Waals surface area (Å²) in [5.41, 5.74) is 0.829. The maximum Gasteiger partial charge on any atom is 1.00 e. The minimum absolute atomic E-state index is 0. The first-order valence-electron chi connectivity index (χ1n) is 4.77. The van der Waals surface area contributed by atoms with Crippen LogP contribution in [0, 0.1) is 0 Å². The number of rotatable bonds is 3. The van der Waals surface area contributed by atoms with Gasteiger partial charge >= 0.3 is 75.0 Å². The van der Waals surface area contributed by atoms with Crippen molar-refractivity contribution in [3.05, 3.63) is 24.3 Å². The predicted molar refractivity (Wildman–Crippen MR) is 74.4 cm³/mol. The second kappa shape index (κ2) is 11.6. The van der Waals surface area contributed by atoms with Crippen molar-refractivity contribution in [2.45, 2.75) is 0 Å². The Kier molecular flexibility index (Phi) is 13.4. The predicted octanol–water partition coefficient (Wildman–Crippen LogP) is -4.30. The molecule has 2 aromatic rings. The van der Waals surface area contributed by atoms with Gasteiger partial charge < -0.3 is 18.0 Å². The van der Waals surface area contributed by atoms with E-state index in [1.165, 1.54) is 11.3 Å². The van der Waals surface area contributed by atoms with E-state index < -0.39 is 15.9 Å². The Labute approximate surface area is 172 Å². The maximum absolute atomic E-state index is 10.6. The number of thiazole rings is 1. The van der Waals surface area contributed by atoms with Crippen molar-refractivity contribution in [2.75, 3.05) is 11.6 Å². The van der Waals surface area contributed by atoms with E-state index in [-0.39, 0.29) is 68.3 Å². The molecule has 21 heavy (non-hydrogen) atoms. The first kappa shape index (κ1) is 24.3. The van der Waals surface area contributed by atoms with Crippen molar-refractivity contribution in [1.82, 2.24) is 4.98 Å². The summed E-state index contributed by atoms with van der Waals surface area (Å²) < 4.78 is 20.3. The Morgan fingerprint density at radius 2 is 1.81 bits per heavy atom. The fourth-order valence-electron chi connectivity index (χ4n) is 1.12. The van der Waals surface area contributed by atoms with Crippen LogP contribution >= 0.6 is 27.2 Å². The molecule has 5 N–H and O–H groups in total. The van der Waals surface area contributed by atoms with Crippen LogP contribution in [0.5, 0.6) is 0 Å². The number of hydrogen-bond acceptors (Lipinski definition) is 5. The van der Waals surface area contributed by atoms with Crippen LogP contribution in [0.1, 0.15) is 2.85 Å². The minimum atomic E-state index is -4.02. The van der Waals surface area contributed by atoms with Crippen LogP contribution in [0.3, 0.4) is 0 Å². The van der Waals surface area contributed by atoms with Gasteiger partial charge in [-0.05, 0) is 12.1 Å². The third kappa shape index (κ3) is 11.3. The van der Waals surface area contributed by atoms with E-state index in [1.54, 1.807) is 0 Å². The van der Waals surface area contributed by atoms with Crippen LogP contribution in [0.4, 0.5) is 5.13 Å². The zero-order chi connectivity index (χ0) is 14.5. The first-order chi connectivity index (χ1) is 8.78. The molecular formula is C8H13N2Na2O6P2S+. The van der Waals surface area contributed by atoms with Crippen LogP contribution < -0.4 is 64.4 Å². The molecule has 0 aliphatic rings. The molecule has 0 fully saturated rings. The van der Waals surface area contributed by atoms with Crippen LogP contribution in [-0.2, 0) is 9.13 Å². The molecule has 1 aromatic heterocycles. The summed E-state index contributed by atoms with van der Waals surface area (Å²) in [6, 6.07) is 7.53. The smallest absolute Gasteiger partial charge is 1.00 e. The summed E-state index contributed by atoms with van der Waals surface area (Å²) in [7, 11) is -6.89. The third-order valence-electron chi connectivity index (χ3n) is 1.73. The number of nitrogens with zero attached hydrogens (tertiary/aromatic N) is 1. The van der Waals surface area contributed by atoms with Crippen LogP contribution in [-0.4, -0.2) is 30.8 Å². The maximum atomic E-state index is 10.6. The van der Waals surface area contributed by atoms with E-state index in [0.717, 1.165) is 10.2 Å². The van der Waals surface area contributed by atoms with Gasteiger partial charge in [-0.2, -0.15) is 0 Å². The fourth-order valence-corrected chi connectivity index (χ4v) is 2.44. The van der Waals surface area contributed by atoms with Gasteiger partial charge in [-0.15, -0.1) is 9.79 Å². The molecule has 108 valence electrons. The Balaban J connectivity index is -0.000000205. The summed E-state index contributed by atoms with van der Waals surface area (Å²) >= 11 is 1.37. The second-order valence-corrected chi connectivity index (χ2v) is 6.42. The zero-order valence-electron chi connectivity index (χ0n) is 13.4. The molecule has 0 spiro atoms. The second-order valence-electron chi connectivity index (χ2n) is 3.24. The van der Waals surface area contributed by atoms with E-state index in [2.05, 4.69) is 10.3 Å². The summed E-state index contributed by atoms with van der Waals surface area (Å²) in [5.74, 6) is 0. The van der Waals surface area contributed by atoms with Gasteiger partial charge in [0.2, 0.25) is 0 Å². The van der Waals surface area contributed by atoms with Gasteiger partial charge in [-0.25, -0.2) is 4.98 Å². The van der Waals surface area contributed by atoms with Crippen molar-refractivity contribution >= 4 is 42.5 Å². The van der Waals surface area contributed by atoms with Gasteiger partial charge in [0.1, 0.15) is 6.29 Å². The Morgan fingerprint density at radius 1 is 1.29 bits per heavy atom. The van der Waals surface area contributed by atoms with Gasteiger partial charge in [-0.3, -0.25) is 4.57 Å². The van der Waals surface area contributed by atoms with Crippen molar-refractivity contribution < 1.29 is 90.7 Å². The molecule has 0 aliphatic heterocycles. The molecular weight excluding hydrogens is 360 g/mol. The molecule has 0 atom stereocenters. The van der Waals surface area contributed by atoms with Crippen LogP contribution in [0.25, 0.3) is 10.2 Å². The largest absolute Gasteiger partial charge is 1.00 e. The molecule has 0 saturated heterocycles. The summed E-state index contributed by atoms with van der Waals surface area (Å²) in [4.78, 5) is 35.8. The molecule has 0 aliphatic carbocycles. The van der Waals surface area contributed by atoms with Crippen molar-refractivity contribution in [2.24, 2.45) is 0 Å². The number of para-hydroxylation sites is 1. The first-order valence-corrected chi connectivity index (χ1v) is 8.55. The number of fused-ring (bicyclic) bond motifs is 1. The summed E-state index contributed by atoms with van der Waals surface area (Å²) in [6.07, 6.45) is -0.382. The number of nitrogens with one attached hydrogen (secondary N) is 1.